The molecule has 96 valence electrons. The number of carbonyl (C=O) groups is 1. The number of methoxy groups -OCH3 is 1. The fourth-order valence-corrected chi connectivity index (χ4v) is 4.39. The van der Waals surface area contributed by atoms with Gasteiger partial charge in [-0.1, -0.05) is 0 Å². The van der Waals surface area contributed by atoms with Crippen LogP contribution in [0.25, 0.3) is 0 Å². The van der Waals surface area contributed by atoms with Gasteiger partial charge in [-0.15, -0.1) is 11.3 Å². The van der Waals surface area contributed by atoms with Crippen LogP contribution in [0.4, 0.5) is 0 Å². The summed E-state index contributed by atoms with van der Waals surface area (Å²) in [7, 11) is -2.07. The molecule has 0 aromatic carbocycles. The van der Waals surface area contributed by atoms with Crippen molar-refractivity contribution in [2.75, 3.05) is 7.11 Å². The number of rotatable bonds is 5. The first-order valence-corrected chi connectivity index (χ1v) is 8.20. The average molecular weight is 341 g/mol. The maximum atomic E-state index is 11.9. The third-order valence-electron chi connectivity index (χ3n) is 2.27. The topological polar surface area (TPSA) is 60.4 Å². The second-order valence-electron chi connectivity index (χ2n) is 3.60. The average Bonchev–Trinajstić information content (AvgIpc) is 2.62. The highest BCUT2D eigenvalue weighted by Crippen LogP contribution is 2.25. The molecule has 17 heavy (non-hydrogen) atoms. The van der Waals surface area contributed by atoms with E-state index in [9.17, 15) is 13.2 Å². The van der Waals surface area contributed by atoms with Crippen LogP contribution in [0, 0.1) is 0 Å². The van der Waals surface area contributed by atoms with Crippen LogP contribution in [0.3, 0.4) is 0 Å². The minimum Gasteiger partial charge on any atom is -0.469 e. The molecule has 0 spiro atoms. The van der Waals surface area contributed by atoms with Gasteiger partial charge >= 0.3 is 5.97 Å². The molecular formula is C10H13BrO4S2. The van der Waals surface area contributed by atoms with Gasteiger partial charge in [-0.2, -0.15) is 0 Å². The van der Waals surface area contributed by atoms with Gasteiger partial charge in [0.15, 0.2) is 9.84 Å². The number of thiophene rings is 1. The largest absolute Gasteiger partial charge is 0.469 e. The molecule has 0 saturated heterocycles. The molecule has 4 nitrogen and oxygen atoms in total. The highest BCUT2D eigenvalue weighted by molar-refractivity contribution is 9.11. The Bertz CT molecular complexity index is 492. The van der Waals surface area contributed by atoms with E-state index < -0.39 is 21.1 Å². The molecule has 1 aromatic rings. The zero-order valence-corrected chi connectivity index (χ0v) is 12.7. The molecular weight excluding hydrogens is 328 g/mol. The van der Waals surface area contributed by atoms with Crippen molar-refractivity contribution in [3.05, 3.63) is 20.8 Å². The van der Waals surface area contributed by atoms with E-state index in [2.05, 4.69) is 20.7 Å². The molecule has 1 aromatic heterocycles. The standard InChI is InChI=1S/C10H13BrO4S2/c1-7(5-10(12)15-2)17(13,14)6-8-3-4-9(11)16-8/h3-4,7H,5-6H2,1-2H3. The van der Waals surface area contributed by atoms with E-state index in [1.165, 1.54) is 25.4 Å². The molecule has 1 rings (SSSR count). The van der Waals surface area contributed by atoms with Crippen molar-refractivity contribution in [1.29, 1.82) is 0 Å². The van der Waals surface area contributed by atoms with Gasteiger partial charge in [0.2, 0.25) is 0 Å². The minimum atomic E-state index is -3.32. The van der Waals surface area contributed by atoms with E-state index in [1.54, 1.807) is 12.1 Å². The van der Waals surface area contributed by atoms with E-state index >= 15 is 0 Å². The second kappa shape index (κ2) is 5.97. The zero-order chi connectivity index (χ0) is 13.1. The second-order valence-corrected chi connectivity index (χ2v) is 8.57. The van der Waals surface area contributed by atoms with Crippen molar-refractivity contribution in [1.82, 2.24) is 0 Å². The van der Waals surface area contributed by atoms with Crippen molar-refractivity contribution in [3.8, 4) is 0 Å². The Morgan fingerprint density at radius 2 is 2.18 bits per heavy atom. The van der Waals surface area contributed by atoms with Gasteiger partial charge in [0.1, 0.15) is 0 Å². The van der Waals surface area contributed by atoms with E-state index in [1.807, 2.05) is 0 Å². The van der Waals surface area contributed by atoms with Gasteiger partial charge in [-0.25, -0.2) is 8.42 Å². The Hall–Kier alpha value is -0.400. The van der Waals surface area contributed by atoms with Crippen LogP contribution in [0.5, 0.6) is 0 Å². The van der Waals surface area contributed by atoms with Gasteiger partial charge in [-0.05, 0) is 35.0 Å². The first-order chi connectivity index (χ1) is 7.85. The van der Waals surface area contributed by atoms with Gasteiger partial charge in [0.25, 0.3) is 0 Å². The lowest BCUT2D eigenvalue weighted by Crippen LogP contribution is -2.23. The molecule has 0 fully saturated rings. The molecule has 1 unspecified atom stereocenters. The Kier molecular flexibility index (Phi) is 5.15. The summed E-state index contributed by atoms with van der Waals surface area (Å²) < 4.78 is 29.2. The summed E-state index contributed by atoms with van der Waals surface area (Å²) in [4.78, 5) is 11.8. The Morgan fingerprint density at radius 1 is 1.53 bits per heavy atom. The number of hydrogen-bond acceptors (Lipinski definition) is 5. The maximum Gasteiger partial charge on any atom is 0.306 e. The number of sulfone groups is 1. The van der Waals surface area contributed by atoms with Gasteiger partial charge in [-0.3, -0.25) is 4.79 Å². The van der Waals surface area contributed by atoms with E-state index in [-0.39, 0.29) is 12.2 Å². The van der Waals surface area contributed by atoms with Crippen LogP contribution >= 0.6 is 27.3 Å². The van der Waals surface area contributed by atoms with Crippen molar-refractivity contribution < 1.29 is 17.9 Å². The smallest absolute Gasteiger partial charge is 0.306 e. The van der Waals surface area contributed by atoms with Gasteiger partial charge in [0.05, 0.1) is 28.3 Å². The first kappa shape index (κ1) is 14.7. The molecule has 0 amide bonds. The van der Waals surface area contributed by atoms with Crippen molar-refractivity contribution >= 4 is 43.1 Å². The monoisotopic (exact) mass is 340 g/mol. The molecule has 1 atom stereocenters. The highest BCUT2D eigenvalue weighted by Gasteiger charge is 2.24. The van der Waals surface area contributed by atoms with Crippen LogP contribution in [-0.4, -0.2) is 26.7 Å². The number of ether oxygens (including phenoxy) is 1. The molecule has 0 saturated carbocycles. The number of esters is 1. The highest BCUT2D eigenvalue weighted by atomic mass is 79.9. The van der Waals surface area contributed by atoms with Gasteiger partial charge < -0.3 is 4.74 Å². The predicted molar refractivity (Wildman–Crippen MR) is 70.7 cm³/mol. The third-order valence-corrected chi connectivity index (χ3v) is 6.18. The van der Waals surface area contributed by atoms with E-state index in [0.717, 1.165) is 8.66 Å². The zero-order valence-electron chi connectivity index (χ0n) is 9.47. The summed E-state index contributed by atoms with van der Waals surface area (Å²) in [6, 6.07) is 3.57. The van der Waals surface area contributed by atoms with Crippen molar-refractivity contribution in [2.24, 2.45) is 0 Å². The maximum absolute atomic E-state index is 11.9. The van der Waals surface area contributed by atoms with Crippen LogP contribution in [0.1, 0.15) is 18.2 Å². The fraction of sp³-hybridized carbons (Fsp3) is 0.500. The summed E-state index contributed by atoms with van der Waals surface area (Å²) in [5, 5.41) is -0.726. The molecule has 1 heterocycles. The Morgan fingerprint density at radius 3 is 2.65 bits per heavy atom. The van der Waals surface area contributed by atoms with Crippen LogP contribution < -0.4 is 0 Å². The Labute approximate surface area is 113 Å². The van der Waals surface area contributed by atoms with Crippen molar-refractivity contribution in [3.63, 3.8) is 0 Å². The number of hydrogen-bond donors (Lipinski definition) is 0. The third kappa shape index (κ3) is 4.40. The molecule has 0 aliphatic heterocycles. The lowest BCUT2D eigenvalue weighted by atomic mass is 10.3. The lowest BCUT2D eigenvalue weighted by Gasteiger charge is -2.10. The molecule has 7 heteroatoms. The normalized spacial score (nSPS) is 13.4. The summed E-state index contributed by atoms with van der Waals surface area (Å²) in [6.45, 7) is 1.52. The number of carbonyl (C=O) groups excluding carboxylic acids is 1. The summed E-state index contributed by atoms with van der Waals surface area (Å²) in [5.74, 6) is -0.546. The molecule has 0 aliphatic carbocycles. The van der Waals surface area contributed by atoms with Gasteiger partial charge in [0, 0.05) is 4.88 Å². The summed E-state index contributed by atoms with van der Waals surface area (Å²) >= 11 is 4.66. The minimum absolute atomic E-state index is 0.0403. The SMILES string of the molecule is COC(=O)CC(C)S(=O)(=O)Cc1ccc(Br)s1. The Balaban J connectivity index is 2.71. The predicted octanol–water partition coefficient (Wildman–Crippen LogP) is 2.38. The summed E-state index contributed by atoms with van der Waals surface area (Å²) in [6.07, 6.45) is -0.106. The molecule has 0 N–H and O–H groups in total. The molecule has 0 radical (unpaired) electrons. The van der Waals surface area contributed by atoms with Crippen LogP contribution in [-0.2, 0) is 25.1 Å². The number of halogens is 1. The molecule has 0 aliphatic rings. The van der Waals surface area contributed by atoms with Crippen molar-refractivity contribution in [2.45, 2.75) is 24.3 Å². The van der Waals surface area contributed by atoms with E-state index in [4.69, 9.17) is 0 Å². The molecule has 0 bridgehead atoms. The van der Waals surface area contributed by atoms with Crippen LogP contribution in [0.2, 0.25) is 0 Å². The first-order valence-electron chi connectivity index (χ1n) is 4.87. The van der Waals surface area contributed by atoms with E-state index in [0.29, 0.717) is 0 Å². The lowest BCUT2D eigenvalue weighted by molar-refractivity contribution is -0.140. The fourth-order valence-electron chi connectivity index (χ4n) is 1.21. The summed E-state index contributed by atoms with van der Waals surface area (Å²) in [5.41, 5.74) is 0. The quantitative estimate of drug-likeness (QED) is 0.772. The van der Waals surface area contributed by atoms with Crippen LogP contribution in [0.15, 0.2) is 15.9 Å².